The number of pyridine rings is 1. The van der Waals surface area contributed by atoms with Gasteiger partial charge in [0.25, 0.3) is 6.23 Å². The van der Waals surface area contributed by atoms with Gasteiger partial charge in [0.1, 0.15) is 17.5 Å². The molecular weight excluding hydrogens is 422 g/mol. The van der Waals surface area contributed by atoms with E-state index < -0.39 is 47.3 Å². The smallest absolute Gasteiger partial charge is 0.303 e. The first-order chi connectivity index (χ1) is 12.7. The number of carbonyl (C=O) groups excluding carboxylic acids is 3. The van der Waals surface area contributed by atoms with Crippen LogP contribution in [0.1, 0.15) is 32.6 Å². The summed E-state index contributed by atoms with van der Waals surface area (Å²) in [6, 6.07) is 3.81. The molecule has 0 spiro atoms. The van der Waals surface area contributed by atoms with Crippen LogP contribution in [0.4, 0.5) is 0 Å². The molecule has 0 radical (unpaired) electrons. The Kier molecular flexibility index (Phi) is 7.32. The second kappa shape index (κ2) is 9.27. The molecule has 0 aromatic carbocycles. The van der Waals surface area contributed by atoms with Gasteiger partial charge in [-0.3, -0.25) is 14.4 Å². The van der Waals surface area contributed by atoms with Gasteiger partial charge in [-0.2, -0.15) is 4.57 Å². The number of ether oxygens (including phenoxy) is 4. The second-order valence-corrected chi connectivity index (χ2v) is 7.34. The summed E-state index contributed by atoms with van der Waals surface area (Å²) < 4.78 is 23.7. The van der Waals surface area contributed by atoms with Crippen LogP contribution < -0.4 is 4.57 Å². The largest absolute Gasteiger partial charge is 0.463 e. The molecule has 1 aliphatic rings. The fourth-order valence-corrected chi connectivity index (χ4v) is 3.60. The Balaban J connectivity index is 2.37. The maximum atomic E-state index is 11.6. The molecule has 5 atom stereocenters. The quantitative estimate of drug-likeness (QED) is 0.293. The zero-order valence-electron chi connectivity index (χ0n) is 15.6. The number of halogens is 1. The van der Waals surface area contributed by atoms with Gasteiger partial charge in [-0.1, -0.05) is 15.9 Å². The van der Waals surface area contributed by atoms with Gasteiger partial charge in [0.05, 0.1) is 0 Å². The van der Waals surface area contributed by atoms with E-state index in [9.17, 15) is 14.4 Å². The van der Waals surface area contributed by atoms with Crippen molar-refractivity contribution in [1.82, 2.24) is 0 Å². The van der Waals surface area contributed by atoms with Crippen molar-refractivity contribution in [2.24, 2.45) is 0 Å². The van der Waals surface area contributed by atoms with E-state index in [-0.39, 0.29) is 6.61 Å². The fraction of sp³-hybridized carbons (Fsp3) is 0.556. The normalized spacial score (nSPS) is 27.5. The van der Waals surface area contributed by atoms with Gasteiger partial charge in [-0.25, -0.2) is 0 Å². The van der Waals surface area contributed by atoms with Crippen molar-refractivity contribution in [1.29, 1.82) is 0 Å². The van der Waals surface area contributed by atoms with E-state index in [0.717, 1.165) is 5.56 Å². The highest BCUT2D eigenvalue weighted by Crippen LogP contribution is 2.34. The van der Waals surface area contributed by atoms with Gasteiger partial charge in [-0.15, -0.1) is 0 Å². The lowest BCUT2D eigenvalue weighted by atomic mass is 10.00. The molecule has 1 aliphatic heterocycles. The first kappa shape index (κ1) is 21.3. The van der Waals surface area contributed by atoms with Crippen molar-refractivity contribution < 1.29 is 37.9 Å². The van der Waals surface area contributed by atoms with Gasteiger partial charge in [0.2, 0.25) is 0 Å². The van der Waals surface area contributed by atoms with E-state index in [1.165, 1.54) is 20.8 Å². The van der Waals surface area contributed by atoms with Crippen LogP contribution in [0, 0.1) is 6.92 Å². The first-order valence-corrected chi connectivity index (χ1v) is 9.35. The molecular formula is C18H23BrNO7+. The molecule has 1 saturated heterocycles. The lowest BCUT2D eigenvalue weighted by Crippen LogP contribution is -2.62. The number of hydrogen-bond donors (Lipinski definition) is 0. The Morgan fingerprint density at radius 2 is 1.59 bits per heavy atom. The average Bonchev–Trinajstić information content (AvgIpc) is 2.57. The third-order valence-corrected chi connectivity index (χ3v) is 4.93. The van der Waals surface area contributed by atoms with Crippen molar-refractivity contribution in [2.75, 3.05) is 6.61 Å². The van der Waals surface area contributed by atoms with Gasteiger partial charge in [0, 0.05) is 32.9 Å². The van der Waals surface area contributed by atoms with Gasteiger partial charge in [0.15, 0.2) is 24.6 Å². The second-order valence-electron chi connectivity index (χ2n) is 6.28. The summed E-state index contributed by atoms with van der Waals surface area (Å²) >= 11 is 3.52. The van der Waals surface area contributed by atoms with E-state index in [0.29, 0.717) is 0 Å². The van der Waals surface area contributed by atoms with E-state index in [4.69, 9.17) is 18.9 Å². The molecule has 0 saturated carbocycles. The number of rotatable bonds is 5. The summed E-state index contributed by atoms with van der Waals surface area (Å²) in [4.78, 5) is 33.9. The highest BCUT2D eigenvalue weighted by Gasteiger charge is 2.53. The number of carbonyl (C=O) groups is 3. The molecule has 2 heterocycles. The fourth-order valence-electron chi connectivity index (χ4n) is 2.80. The number of hydrogen-bond acceptors (Lipinski definition) is 7. The Hall–Kier alpha value is -2.00. The molecule has 27 heavy (non-hydrogen) atoms. The minimum atomic E-state index is -0.933. The van der Waals surface area contributed by atoms with Crippen LogP contribution in [0.5, 0.6) is 0 Å². The maximum absolute atomic E-state index is 11.6. The summed E-state index contributed by atoms with van der Waals surface area (Å²) in [7, 11) is 0. The Labute approximate surface area is 165 Å². The van der Waals surface area contributed by atoms with Gasteiger partial charge < -0.3 is 18.9 Å². The zero-order valence-corrected chi connectivity index (χ0v) is 17.2. The lowest BCUT2D eigenvalue weighted by Gasteiger charge is -2.40. The van der Waals surface area contributed by atoms with Crippen LogP contribution >= 0.6 is 15.9 Å². The third-order valence-electron chi connectivity index (χ3n) is 3.96. The number of aromatic nitrogens is 1. The van der Waals surface area contributed by atoms with Crippen molar-refractivity contribution in [3.8, 4) is 0 Å². The van der Waals surface area contributed by atoms with Crippen molar-refractivity contribution in [2.45, 2.75) is 57.1 Å². The molecule has 0 unspecified atom stereocenters. The number of aryl methyl sites for hydroxylation is 1. The van der Waals surface area contributed by atoms with Crippen LogP contribution in [-0.2, 0) is 33.3 Å². The van der Waals surface area contributed by atoms with Crippen LogP contribution in [0.2, 0.25) is 0 Å². The molecule has 9 heteroatoms. The van der Waals surface area contributed by atoms with E-state index in [1.54, 1.807) is 4.57 Å². The number of alkyl halides is 1. The average molecular weight is 445 g/mol. The van der Waals surface area contributed by atoms with Gasteiger partial charge in [-0.05, 0) is 12.5 Å². The number of nitrogens with zero attached hydrogens (tertiary/aromatic N) is 1. The lowest BCUT2D eigenvalue weighted by molar-refractivity contribution is -0.768. The van der Waals surface area contributed by atoms with Gasteiger partial charge >= 0.3 is 17.9 Å². The van der Waals surface area contributed by atoms with Crippen molar-refractivity contribution in [3.63, 3.8) is 0 Å². The predicted molar refractivity (Wildman–Crippen MR) is 95.7 cm³/mol. The molecule has 1 aromatic rings. The standard InChI is InChI=1S/C18H23BrNO7/c1-10-5-7-20(8-6-10)18-15(19)17(26-13(4)23)16(25-12(3)22)14(27-18)9-24-11(2)21/h5-8,14-18H,9H2,1-4H3/q+1/t14-,15+,16-,17-,18-/m1/s1. The predicted octanol–water partition coefficient (Wildman–Crippen LogP) is 1.37. The van der Waals surface area contributed by atoms with E-state index in [1.807, 2.05) is 31.5 Å². The molecule has 0 N–H and O–H groups in total. The topological polar surface area (TPSA) is 92.0 Å². The zero-order chi connectivity index (χ0) is 20.1. The molecule has 0 amide bonds. The molecule has 8 nitrogen and oxygen atoms in total. The van der Waals surface area contributed by atoms with E-state index >= 15 is 0 Å². The monoisotopic (exact) mass is 444 g/mol. The molecule has 148 valence electrons. The molecule has 0 aliphatic carbocycles. The van der Waals surface area contributed by atoms with Crippen LogP contribution in [-0.4, -0.2) is 47.7 Å². The van der Waals surface area contributed by atoms with Crippen molar-refractivity contribution >= 4 is 33.8 Å². The highest BCUT2D eigenvalue weighted by molar-refractivity contribution is 9.09. The summed E-state index contributed by atoms with van der Waals surface area (Å²) in [5.74, 6) is -1.58. The molecule has 1 fully saturated rings. The molecule has 1 aromatic heterocycles. The van der Waals surface area contributed by atoms with Crippen LogP contribution in [0.15, 0.2) is 24.5 Å². The minimum Gasteiger partial charge on any atom is -0.463 e. The SMILES string of the molecule is CC(=O)OC[C@H]1O[C@@H]([n+]2ccc(C)cc2)[C@@H](Br)[C@@H](OC(C)=O)[C@@H]1OC(C)=O. The summed E-state index contributed by atoms with van der Waals surface area (Å²) in [5.41, 5.74) is 1.07. The van der Waals surface area contributed by atoms with Crippen molar-refractivity contribution in [3.05, 3.63) is 30.1 Å². The number of esters is 3. The summed E-state index contributed by atoms with van der Waals surface area (Å²) in [6.45, 7) is 5.60. The molecule has 0 bridgehead atoms. The highest BCUT2D eigenvalue weighted by atomic mass is 79.9. The van der Waals surface area contributed by atoms with Crippen LogP contribution in [0.25, 0.3) is 0 Å². The third kappa shape index (κ3) is 5.74. The maximum Gasteiger partial charge on any atom is 0.303 e. The first-order valence-electron chi connectivity index (χ1n) is 8.43. The van der Waals surface area contributed by atoms with Crippen LogP contribution in [0.3, 0.4) is 0 Å². The minimum absolute atomic E-state index is 0.145. The summed E-state index contributed by atoms with van der Waals surface area (Å²) in [6.07, 6.45) is 0.497. The Bertz CT molecular complexity index is 693. The molecule has 2 rings (SSSR count). The Morgan fingerprint density at radius 3 is 2.11 bits per heavy atom. The van der Waals surface area contributed by atoms with E-state index in [2.05, 4.69) is 15.9 Å². The Morgan fingerprint density at radius 1 is 1.04 bits per heavy atom. The summed E-state index contributed by atoms with van der Waals surface area (Å²) in [5, 5.41) is 0.